The second kappa shape index (κ2) is 10.6. The number of alkyl halides is 2. The number of anilines is 1. The van der Waals surface area contributed by atoms with E-state index in [0.717, 1.165) is 47.1 Å². The summed E-state index contributed by atoms with van der Waals surface area (Å²) >= 11 is 0. The first-order valence-electron chi connectivity index (χ1n) is 12.4. The van der Waals surface area contributed by atoms with Gasteiger partial charge >= 0.3 is 0 Å². The fourth-order valence-electron chi connectivity index (χ4n) is 4.84. The second-order valence-electron chi connectivity index (χ2n) is 9.49. The lowest BCUT2D eigenvalue weighted by molar-refractivity contribution is 0.149. The SMILES string of the molecule is C=C(Nc1cc2cc(-c3cnn(C)c3CN3CCCCC3)ccc2cn1)c1ccc(CC(F)F)cc1. The fourth-order valence-corrected chi connectivity index (χ4v) is 4.84. The summed E-state index contributed by atoms with van der Waals surface area (Å²) in [4.78, 5) is 7.05. The molecule has 0 atom stereocenters. The van der Waals surface area contributed by atoms with Crippen molar-refractivity contribution in [2.45, 2.75) is 38.7 Å². The number of aryl methyl sites for hydroxylation is 1. The molecule has 0 amide bonds. The second-order valence-corrected chi connectivity index (χ2v) is 9.49. The lowest BCUT2D eigenvalue weighted by Crippen LogP contribution is -2.30. The van der Waals surface area contributed by atoms with Crippen LogP contribution in [0.5, 0.6) is 0 Å². The van der Waals surface area contributed by atoms with Crippen molar-refractivity contribution in [3.05, 3.63) is 84.3 Å². The number of pyridine rings is 1. The molecule has 7 heteroatoms. The highest BCUT2D eigenvalue weighted by atomic mass is 19.3. The molecule has 1 aliphatic rings. The molecule has 1 aliphatic heterocycles. The van der Waals surface area contributed by atoms with E-state index in [1.54, 1.807) is 24.3 Å². The summed E-state index contributed by atoms with van der Waals surface area (Å²) in [5.41, 5.74) is 5.62. The van der Waals surface area contributed by atoms with E-state index in [4.69, 9.17) is 0 Å². The quantitative estimate of drug-likeness (QED) is 0.308. The van der Waals surface area contributed by atoms with Crippen molar-refractivity contribution in [1.29, 1.82) is 0 Å². The van der Waals surface area contributed by atoms with Gasteiger partial charge in [0.2, 0.25) is 6.43 Å². The van der Waals surface area contributed by atoms with E-state index in [0.29, 0.717) is 17.1 Å². The number of halogens is 2. The van der Waals surface area contributed by atoms with E-state index in [9.17, 15) is 8.78 Å². The van der Waals surface area contributed by atoms with Gasteiger partial charge in [0, 0.05) is 42.9 Å². The Hall–Kier alpha value is -3.58. The van der Waals surface area contributed by atoms with E-state index >= 15 is 0 Å². The molecule has 2 aromatic carbocycles. The Kier molecular flexibility index (Phi) is 7.09. The van der Waals surface area contributed by atoms with Gasteiger partial charge < -0.3 is 5.32 Å². The zero-order chi connectivity index (χ0) is 25.1. The average molecular weight is 488 g/mol. The molecule has 1 fully saturated rings. The molecule has 2 aromatic heterocycles. The number of nitrogens with one attached hydrogen (secondary N) is 1. The Morgan fingerprint density at radius 2 is 1.78 bits per heavy atom. The number of aromatic nitrogens is 3. The molecular weight excluding hydrogens is 456 g/mol. The molecule has 5 nitrogen and oxygen atoms in total. The molecule has 5 rings (SSSR count). The van der Waals surface area contributed by atoms with Gasteiger partial charge in [0.05, 0.1) is 11.9 Å². The molecule has 1 N–H and O–H groups in total. The third-order valence-corrected chi connectivity index (χ3v) is 6.89. The number of likely N-dealkylation sites (tertiary alicyclic amines) is 1. The number of piperidine rings is 1. The lowest BCUT2D eigenvalue weighted by atomic mass is 10.0. The normalized spacial score (nSPS) is 14.4. The largest absolute Gasteiger partial charge is 0.340 e. The molecule has 0 radical (unpaired) electrons. The van der Waals surface area contributed by atoms with Gasteiger partial charge in [-0.1, -0.05) is 49.4 Å². The molecule has 3 heterocycles. The highest BCUT2D eigenvalue weighted by molar-refractivity contribution is 5.89. The molecule has 0 saturated carbocycles. The molecule has 186 valence electrons. The number of rotatable bonds is 8. The highest BCUT2D eigenvalue weighted by Gasteiger charge is 2.17. The van der Waals surface area contributed by atoms with Crippen LogP contribution in [0.25, 0.3) is 27.6 Å². The minimum absolute atomic E-state index is 0.245. The van der Waals surface area contributed by atoms with Gasteiger partial charge in [-0.25, -0.2) is 13.8 Å². The third-order valence-electron chi connectivity index (χ3n) is 6.89. The number of hydrogen-bond acceptors (Lipinski definition) is 4. The Labute approximate surface area is 210 Å². The number of nitrogens with zero attached hydrogens (tertiary/aromatic N) is 4. The summed E-state index contributed by atoms with van der Waals surface area (Å²) in [6, 6.07) is 15.4. The highest BCUT2D eigenvalue weighted by Crippen LogP contribution is 2.29. The first-order valence-corrected chi connectivity index (χ1v) is 12.4. The number of hydrogen-bond donors (Lipinski definition) is 1. The zero-order valence-electron chi connectivity index (χ0n) is 20.6. The molecule has 4 aromatic rings. The van der Waals surface area contributed by atoms with E-state index in [2.05, 4.69) is 45.1 Å². The van der Waals surface area contributed by atoms with Crippen molar-refractivity contribution in [2.24, 2.45) is 7.05 Å². The van der Waals surface area contributed by atoms with Crippen LogP contribution in [0.2, 0.25) is 0 Å². The van der Waals surface area contributed by atoms with Gasteiger partial charge in [-0.05, 0) is 60.1 Å². The monoisotopic (exact) mass is 487 g/mol. The van der Waals surface area contributed by atoms with E-state index in [1.807, 2.05) is 30.2 Å². The zero-order valence-corrected chi connectivity index (χ0v) is 20.6. The summed E-state index contributed by atoms with van der Waals surface area (Å²) in [7, 11) is 2.02. The predicted octanol–water partition coefficient (Wildman–Crippen LogP) is 6.51. The van der Waals surface area contributed by atoms with Crippen molar-refractivity contribution in [3.8, 4) is 11.1 Å². The standard InChI is InChI=1S/C29H31F2N5/c1-20(22-8-6-21(7-9-22)14-28(30)31)34-29-16-25-15-23(10-11-24(25)17-32-29)26-18-33-35(2)27(26)19-36-12-4-3-5-13-36/h6-11,15-18,28H,1,3-5,12-14,19H2,2H3,(H,32,34). The van der Waals surface area contributed by atoms with Crippen LogP contribution in [-0.2, 0) is 20.0 Å². The minimum atomic E-state index is -2.35. The van der Waals surface area contributed by atoms with Crippen molar-refractivity contribution < 1.29 is 8.78 Å². The van der Waals surface area contributed by atoms with Crippen LogP contribution in [-0.4, -0.2) is 39.2 Å². The Bertz CT molecular complexity index is 1350. The van der Waals surface area contributed by atoms with E-state index in [1.165, 1.54) is 25.0 Å². The van der Waals surface area contributed by atoms with E-state index in [-0.39, 0.29) is 6.42 Å². The van der Waals surface area contributed by atoms with Gasteiger partial charge in [0.25, 0.3) is 0 Å². The van der Waals surface area contributed by atoms with Gasteiger partial charge in [-0.2, -0.15) is 5.10 Å². The summed E-state index contributed by atoms with van der Waals surface area (Å²) in [6.45, 7) is 7.30. The smallest absolute Gasteiger partial charge is 0.242 e. The number of benzene rings is 2. The fraction of sp³-hybridized carbons (Fsp3) is 0.310. The topological polar surface area (TPSA) is 46.0 Å². The van der Waals surface area contributed by atoms with Gasteiger partial charge in [-0.15, -0.1) is 0 Å². The first kappa shape index (κ1) is 24.1. The van der Waals surface area contributed by atoms with Crippen LogP contribution in [0.3, 0.4) is 0 Å². The summed E-state index contributed by atoms with van der Waals surface area (Å²) in [5.74, 6) is 0.682. The van der Waals surface area contributed by atoms with E-state index < -0.39 is 6.43 Å². The summed E-state index contributed by atoms with van der Waals surface area (Å²) in [6.07, 6.45) is 5.05. The van der Waals surface area contributed by atoms with Crippen molar-refractivity contribution in [2.75, 3.05) is 18.4 Å². The molecule has 36 heavy (non-hydrogen) atoms. The summed E-state index contributed by atoms with van der Waals surface area (Å²) in [5, 5.41) is 9.94. The maximum absolute atomic E-state index is 12.6. The third kappa shape index (κ3) is 5.46. The van der Waals surface area contributed by atoms with Crippen molar-refractivity contribution in [1.82, 2.24) is 19.7 Å². The molecular formula is C29H31F2N5. The maximum atomic E-state index is 12.6. The molecule has 0 bridgehead atoms. The van der Waals surface area contributed by atoms with Gasteiger partial charge in [-0.3, -0.25) is 9.58 Å². The van der Waals surface area contributed by atoms with Crippen molar-refractivity contribution in [3.63, 3.8) is 0 Å². The Morgan fingerprint density at radius 1 is 1.00 bits per heavy atom. The Balaban J connectivity index is 1.36. The number of fused-ring (bicyclic) bond motifs is 1. The van der Waals surface area contributed by atoms with Crippen LogP contribution in [0.4, 0.5) is 14.6 Å². The minimum Gasteiger partial charge on any atom is -0.340 e. The Morgan fingerprint density at radius 3 is 2.53 bits per heavy atom. The van der Waals surface area contributed by atoms with Crippen LogP contribution >= 0.6 is 0 Å². The molecule has 1 saturated heterocycles. The van der Waals surface area contributed by atoms with Gasteiger partial charge in [0.1, 0.15) is 5.82 Å². The average Bonchev–Trinajstić information content (AvgIpc) is 3.24. The van der Waals surface area contributed by atoms with Crippen molar-refractivity contribution >= 4 is 22.3 Å². The molecule has 0 unspecified atom stereocenters. The predicted molar refractivity (Wildman–Crippen MR) is 142 cm³/mol. The first-order chi connectivity index (χ1) is 17.5. The molecule has 0 spiro atoms. The van der Waals surface area contributed by atoms with Crippen LogP contribution in [0.15, 0.2) is 67.5 Å². The maximum Gasteiger partial charge on any atom is 0.242 e. The lowest BCUT2D eigenvalue weighted by Gasteiger charge is -2.26. The summed E-state index contributed by atoms with van der Waals surface area (Å²) < 4.78 is 27.2. The van der Waals surface area contributed by atoms with Crippen LogP contribution < -0.4 is 5.32 Å². The van der Waals surface area contributed by atoms with Crippen LogP contribution in [0.1, 0.15) is 36.1 Å². The van der Waals surface area contributed by atoms with Gasteiger partial charge in [0.15, 0.2) is 0 Å². The molecule has 0 aliphatic carbocycles. The van der Waals surface area contributed by atoms with Crippen LogP contribution in [0, 0.1) is 0 Å².